The smallest absolute Gasteiger partial charge is 0.0794 e. The number of thiazole rings is 1. The Labute approximate surface area is 90.0 Å². The Kier molecular flexibility index (Phi) is 3.54. The molecule has 2 nitrogen and oxygen atoms in total. The maximum Gasteiger partial charge on any atom is 0.0794 e. The van der Waals surface area contributed by atoms with Gasteiger partial charge in [-0.15, -0.1) is 11.3 Å². The highest BCUT2D eigenvalue weighted by molar-refractivity contribution is 7.09. The average Bonchev–Trinajstić information content (AvgIpc) is 2.72. The van der Waals surface area contributed by atoms with Gasteiger partial charge in [-0.3, -0.25) is 9.88 Å². The molecule has 0 N–H and O–H groups in total. The van der Waals surface area contributed by atoms with E-state index in [0.717, 1.165) is 12.5 Å². The van der Waals surface area contributed by atoms with Crippen molar-refractivity contribution < 1.29 is 0 Å². The molecule has 0 aliphatic carbocycles. The molecule has 0 atom stereocenters. The quantitative estimate of drug-likeness (QED) is 0.762. The molecule has 3 heteroatoms. The van der Waals surface area contributed by atoms with Crippen LogP contribution in [0.5, 0.6) is 0 Å². The second kappa shape index (κ2) is 4.89. The third-order valence-corrected chi connectivity index (χ3v) is 3.91. The predicted octanol–water partition coefficient (Wildman–Crippen LogP) is 2.77. The van der Waals surface area contributed by atoms with Gasteiger partial charge in [-0.25, -0.2) is 0 Å². The van der Waals surface area contributed by atoms with Crippen molar-refractivity contribution in [3.8, 4) is 0 Å². The number of hydrogen-bond acceptors (Lipinski definition) is 3. The van der Waals surface area contributed by atoms with Gasteiger partial charge >= 0.3 is 0 Å². The lowest BCUT2D eigenvalue weighted by molar-refractivity contribution is 0.176. The maximum atomic E-state index is 4.11. The monoisotopic (exact) mass is 210 g/mol. The molecule has 0 unspecified atom stereocenters. The highest BCUT2D eigenvalue weighted by Gasteiger charge is 2.17. The minimum absolute atomic E-state index is 0.979. The number of hydrogen-bond donors (Lipinski definition) is 0. The van der Waals surface area contributed by atoms with E-state index in [4.69, 9.17) is 0 Å². The third kappa shape index (κ3) is 2.55. The summed E-state index contributed by atoms with van der Waals surface area (Å²) in [6.07, 6.45) is 6.12. The first-order chi connectivity index (χ1) is 6.88. The Hall–Kier alpha value is -0.410. The molecular weight excluding hydrogens is 192 g/mol. The van der Waals surface area contributed by atoms with E-state index in [1.165, 1.54) is 37.2 Å². The number of rotatable bonds is 3. The first kappa shape index (κ1) is 10.1. The van der Waals surface area contributed by atoms with Crippen LogP contribution in [-0.2, 0) is 6.54 Å². The van der Waals surface area contributed by atoms with Crippen molar-refractivity contribution in [2.24, 2.45) is 5.92 Å². The van der Waals surface area contributed by atoms with Gasteiger partial charge < -0.3 is 0 Å². The van der Waals surface area contributed by atoms with E-state index in [0.29, 0.717) is 0 Å². The normalized spacial score (nSPS) is 20.1. The first-order valence-corrected chi connectivity index (χ1v) is 6.36. The van der Waals surface area contributed by atoms with Gasteiger partial charge in [-0.05, 0) is 31.8 Å². The summed E-state index contributed by atoms with van der Waals surface area (Å²) in [6, 6.07) is 0. The van der Waals surface area contributed by atoms with E-state index >= 15 is 0 Å². The lowest BCUT2D eigenvalue weighted by atomic mass is 9.94. The summed E-state index contributed by atoms with van der Waals surface area (Å²) in [4.78, 5) is 8.07. The first-order valence-electron chi connectivity index (χ1n) is 5.48. The Morgan fingerprint density at radius 1 is 1.50 bits per heavy atom. The van der Waals surface area contributed by atoms with Crippen LogP contribution in [0.2, 0.25) is 0 Å². The Bertz CT molecular complexity index is 250. The van der Waals surface area contributed by atoms with Crippen molar-refractivity contribution in [3.05, 3.63) is 16.6 Å². The number of nitrogens with zero attached hydrogens (tertiary/aromatic N) is 2. The predicted molar refractivity (Wildman–Crippen MR) is 60.4 cm³/mol. The lowest BCUT2D eigenvalue weighted by Gasteiger charge is -2.30. The minimum Gasteiger partial charge on any atom is -0.298 e. The average molecular weight is 210 g/mol. The van der Waals surface area contributed by atoms with Crippen LogP contribution >= 0.6 is 11.3 Å². The van der Waals surface area contributed by atoms with Crippen LogP contribution in [0, 0.1) is 5.92 Å². The van der Waals surface area contributed by atoms with Crippen LogP contribution in [-0.4, -0.2) is 23.0 Å². The van der Waals surface area contributed by atoms with Gasteiger partial charge in [0.2, 0.25) is 0 Å². The molecule has 1 fully saturated rings. The van der Waals surface area contributed by atoms with Crippen LogP contribution in [0.3, 0.4) is 0 Å². The van der Waals surface area contributed by atoms with Gasteiger partial charge in [-0.2, -0.15) is 0 Å². The number of likely N-dealkylation sites (tertiary alicyclic amines) is 1. The Morgan fingerprint density at radius 2 is 2.29 bits per heavy atom. The molecule has 0 saturated carbocycles. The molecule has 1 saturated heterocycles. The molecule has 14 heavy (non-hydrogen) atoms. The topological polar surface area (TPSA) is 16.1 Å². The molecule has 2 rings (SSSR count). The molecule has 78 valence electrons. The zero-order chi connectivity index (χ0) is 9.80. The molecule has 0 bridgehead atoms. The van der Waals surface area contributed by atoms with Gasteiger partial charge in [0.15, 0.2) is 0 Å². The molecule has 0 aromatic carbocycles. The van der Waals surface area contributed by atoms with E-state index < -0.39 is 0 Å². The lowest BCUT2D eigenvalue weighted by Crippen LogP contribution is -2.32. The molecule has 1 aromatic rings. The van der Waals surface area contributed by atoms with Gasteiger partial charge in [0.05, 0.1) is 5.51 Å². The van der Waals surface area contributed by atoms with Crippen LogP contribution in [0.1, 0.15) is 31.1 Å². The van der Waals surface area contributed by atoms with Gasteiger partial charge in [0, 0.05) is 17.6 Å². The molecule has 2 heterocycles. The van der Waals surface area contributed by atoms with Crippen LogP contribution in [0.15, 0.2) is 11.7 Å². The van der Waals surface area contributed by atoms with Crippen molar-refractivity contribution in [2.45, 2.75) is 32.7 Å². The van der Waals surface area contributed by atoms with Crippen LogP contribution in [0.25, 0.3) is 0 Å². The summed E-state index contributed by atoms with van der Waals surface area (Å²) in [6.45, 7) is 5.97. The molecule has 1 aliphatic rings. The molecule has 1 aromatic heterocycles. The van der Waals surface area contributed by atoms with E-state index in [1.807, 2.05) is 11.7 Å². The number of piperidine rings is 1. The summed E-state index contributed by atoms with van der Waals surface area (Å²) in [5.41, 5.74) is 1.92. The third-order valence-electron chi connectivity index (χ3n) is 3.15. The van der Waals surface area contributed by atoms with Crippen molar-refractivity contribution >= 4 is 11.3 Å². The zero-order valence-electron chi connectivity index (χ0n) is 8.78. The maximum absolute atomic E-state index is 4.11. The number of aromatic nitrogens is 1. The van der Waals surface area contributed by atoms with Crippen LogP contribution < -0.4 is 0 Å². The van der Waals surface area contributed by atoms with Crippen molar-refractivity contribution in [1.29, 1.82) is 0 Å². The van der Waals surface area contributed by atoms with Crippen molar-refractivity contribution in [3.63, 3.8) is 0 Å². The van der Waals surface area contributed by atoms with Gasteiger partial charge in [-0.1, -0.05) is 13.3 Å². The summed E-state index contributed by atoms with van der Waals surface area (Å²) >= 11 is 1.77. The largest absolute Gasteiger partial charge is 0.298 e. The summed E-state index contributed by atoms with van der Waals surface area (Å²) in [7, 11) is 0. The van der Waals surface area contributed by atoms with E-state index in [9.17, 15) is 0 Å². The van der Waals surface area contributed by atoms with Crippen LogP contribution in [0.4, 0.5) is 0 Å². The second-order valence-electron chi connectivity index (χ2n) is 4.10. The Balaban J connectivity index is 1.79. The van der Waals surface area contributed by atoms with E-state index in [1.54, 1.807) is 11.3 Å². The zero-order valence-corrected chi connectivity index (χ0v) is 9.59. The highest BCUT2D eigenvalue weighted by atomic mass is 32.1. The second-order valence-corrected chi connectivity index (χ2v) is 5.07. The highest BCUT2D eigenvalue weighted by Crippen LogP contribution is 2.21. The van der Waals surface area contributed by atoms with Crippen molar-refractivity contribution in [1.82, 2.24) is 9.88 Å². The van der Waals surface area contributed by atoms with E-state index in [-0.39, 0.29) is 0 Å². The minimum atomic E-state index is 0.979. The van der Waals surface area contributed by atoms with Gasteiger partial charge in [0.25, 0.3) is 0 Å². The fourth-order valence-electron chi connectivity index (χ4n) is 2.09. The molecular formula is C11H18N2S. The fraction of sp³-hybridized carbons (Fsp3) is 0.727. The fourth-order valence-corrected chi connectivity index (χ4v) is 2.73. The Morgan fingerprint density at radius 3 is 2.86 bits per heavy atom. The summed E-state index contributed by atoms with van der Waals surface area (Å²) in [5.74, 6) is 0.979. The standard InChI is InChI=1S/C11H18N2S/c1-2-10-3-5-13(6-4-10)8-11-7-12-9-14-11/h7,9-10H,2-6,8H2,1H3. The molecule has 0 amide bonds. The van der Waals surface area contributed by atoms with Crippen molar-refractivity contribution in [2.75, 3.05) is 13.1 Å². The molecule has 0 spiro atoms. The van der Waals surface area contributed by atoms with Gasteiger partial charge in [0.1, 0.15) is 0 Å². The SMILES string of the molecule is CCC1CCN(Cc2cncs2)CC1. The summed E-state index contributed by atoms with van der Waals surface area (Å²) < 4.78 is 0. The van der Waals surface area contributed by atoms with E-state index in [2.05, 4.69) is 16.8 Å². The molecule has 0 radical (unpaired) electrons. The summed E-state index contributed by atoms with van der Waals surface area (Å²) in [5, 5.41) is 0. The molecule has 1 aliphatic heterocycles.